The third kappa shape index (κ3) is 5.39. The van der Waals surface area contributed by atoms with Gasteiger partial charge in [0.15, 0.2) is 0 Å². The maximum atomic E-state index is 11.9. The second-order valence-corrected chi connectivity index (χ2v) is 5.65. The van der Waals surface area contributed by atoms with E-state index in [0.717, 1.165) is 5.56 Å². The van der Waals surface area contributed by atoms with E-state index < -0.39 is 0 Å². The molecule has 5 heteroatoms. The molecule has 0 aliphatic rings. The molecule has 1 aromatic rings. The van der Waals surface area contributed by atoms with Crippen LogP contribution < -0.4 is 10.6 Å². The molecule has 1 aromatic carbocycles. The third-order valence-electron chi connectivity index (χ3n) is 2.89. The molecular formula is C14H20Cl2N2O. The summed E-state index contributed by atoms with van der Waals surface area (Å²) in [6.07, 6.45) is 0.689. The van der Waals surface area contributed by atoms with Crippen molar-refractivity contribution in [2.45, 2.75) is 26.3 Å². The number of carbonyl (C=O) groups excluding carboxylic acids is 1. The van der Waals surface area contributed by atoms with Gasteiger partial charge in [-0.15, -0.1) is 0 Å². The zero-order valence-electron chi connectivity index (χ0n) is 11.5. The molecule has 0 saturated carbocycles. The van der Waals surface area contributed by atoms with Gasteiger partial charge in [0.2, 0.25) is 5.91 Å². The van der Waals surface area contributed by atoms with Gasteiger partial charge >= 0.3 is 0 Å². The number of amides is 1. The van der Waals surface area contributed by atoms with Crippen molar-refractivity contribution in [3.63, 3.8) is 0 Å². The molecule has 3 nitrogen and oxygen atoms in total. The van der Waals surface area contributed by atoms with Gasteiger partial charge < -0.3 is 10.6 Å². The minimum Gasteiger partial charge on any atom is -0.353 e. The molecule has 0 fully saturated rings. The molecule has 0 bridgehead atoms. The van der Waals surface area contributed by atoms with Gasteiger partial charge in [-0.1, -0.05) is 36.2 Å². The number of hydrogen-bond donors (Lipinski definition) is 2. The number of nitrogens with one attached hydrogen (secondary N) is 2. The van der Waals surface area contributed by atoms with E-state index in [9.17, 15) is 4.79 Å². The first-order chi connectivity index (χ1) is 8.93. The van der Waals surface area contributed by atoms with Crippen molar-refractivity contribution in [3.05, 3.63) is 33.8 Å². The lowest BCUT2D eigenvalue weighted by atomic mass is 10.1. The fourth-order valence-corrected chi connectivity index (χ4v) is 2.34. The topological polar surface area (TPSA) is 41.1 Å². The normalized spacial score (nSPS) is 13.9. The van der Waals surface area contributed by atoms with Gasteiger partial charge in [0.1, 0.15) is 0 Å². The molecular weight excluding hydrogens is 283 g/mol. The standard InChI is InChI=1S/C14H20Cl2N2O/c1-9(8-17-3)14(19)18-10(2)6-11-4-5-12(15)7-13(11)16/h4-5,7,9-10,17H,6,8H2,1-3H3,(H,18,19). The lowest BCUT2D eigenvalue weighted by molar-refractivity contribution is -0.124. The first-order valence-electron chi connectivity index (χ1n) is 6.33. The van der Waals surface area contributed by atoms with Crippen LogP contribution in [0.1, 0.15) is 19.4 Å². The van der Waals surface area contributed by atoms with E-state index in [4.69, 9.17) is 23.2 Å². The first-order valence-corrected chi connectivity index (χ1v) is 7.08. The smallest absolute Gasteiger partial charge is 0.224 e. The second kappa shape index (κ2) is 7.73. The Labute approximate surface area is 124 Å². The van der Waals surface area contributed by atoms with Crippen LogP contribution in [0.3, 0.4) is 0 Å². The van der Waals surface area contributed by atoms with Crippen molar-refractivity contribution in [2.24, 2.45) is 5.92 Å². The molecule has 0 saturated heterocycles. The summed E-state index contributed by atoms with van der Waals surface area (Å²) >= 11 is 12.0. The highest BCUT2D eigenvalue weighted by Crippen LogP contribution is 2.22. The monoisotopic (exact) mass is 302 g/mol. The molecule has 1 rings (SSSR count). The van der Waals surface area contributed by atoms with Crippen LogP contribution in [0.4, 0.5) is 0 Å². The number of carbonyl (C=O) groups is 1. The highest BCUT2D eigenvalue weighted by atomic mass is 35.5. The third-order valence-corrected chi connectivity index (χ3v) is 3.47. The zero-order valence-corrected chi connectivity index (χ0v) is 13.0. The van der Waals surface area contributed by atoms with Crippen LogP contribution in [0, 0.1) is 5.92 Å². The van der Waals surface area contributed by atoms with Gasteiger partial charge in [0.25, 0.3) is 0 Å². The maximum absolute atomic E-state index is 11.9. The SMILES string of the molecule is CNCC(C)C(=O)NC(C)Cc1ccc(Cl)cc1Cl. The Morgan fingerprint density at radius 1 is 1.32 bits per heavy atom. The summed E-state index contributed by atoms with van der Waals surface area (Å²) < 4.78 is 0. The van der Waals surface area contributed by atoms with E-state index in [1.54, 1.807) is 12.1 Å². The summed E-state index contributed by atoms with van der Waals surface area (Å²) in [5.41, 5.74) is 0.986. The molecule has 0 aliphatic heterocycles. The van der Waals surface area contributed by atoms with Crippen molar-refractivity contribution in [1.82, 2.24) is 10.6 Å². The van der Waals surface area contributed by atoms with Crippen LogP contribution >= 0.6 is 23.2 Å². The van der Waals surface area contributed by atoms with Gasteiger partial charge in [-0.3, -0.25) is 4.79 Å². The van der Waals surface area contributed by atoms with E-state index in [0.29, 0.717) is 23.0 Å². The molecule has 0 spiro atoms. The molecule has 106 valence electrons. The lowest BCUT2D eigenvalue weighted by Gasteiger charge is -2.18. The van der Waals surface area contributed by atoms with Crippen molar-refractivity contribution >= 4 is 29.1 Å². The van der Waals surface area contributed by atoms with Gasteiger partial charge in [0, 0.05) is 28.5 Å². The van der Waals surface area contributed by atoms with Crippen molar-refractivity contribution in [2.75, 3.05) is 13.6 Å². The Kier molecular flexibility index (Phi) is 6.63. The minimum atomic E-state index is -0.0480. The maximum Gasteiger partial charge on any atom is 0.224 e. The molecule has 1 amide bonds. The van der Waals surface area contributed by atoms with Crippen LogP contribution in [-0.4, -0.2) is 25.5 Å². The van der Waals surface area contributed by atoms with Gasteiger partial charge in [0.05, 0.1) is 0 Å². The quantitative estimate of drug-likeness (QED) is 0.848. The van der Waals surface area contributed by atoms with E-state index in [1.807, 2.05) is 27.0 Å². The van der Waals surface area contributed by atoms with E-state index in [-0.39, 0.29) is 17.9 Å². The predicted molar refractivity (Wildman–Crippen MR) is 80.9 cm³/mol. The van der Waals surface area contributed by atoms with E-state index in [1.165, 1.54) is 0 Å². The number of hydrogen-bond acceptors (Lipinski definition) is 2. The molecule has 0 heterocycles. The predicted octanol–water partition coefficient (Wildman–Crippen LogP) is 2.90. The van der Waals surface area contributed by atoms with Gasteiger partial charge in [-0.05, 0) is 38.1 Å². The summed E-state index contributed by atoms with van der Waals surface area (Å²) in [5, 5.41) is 7.23. The Balaban J connectivity index is 2.55. The average molecular weight is 303 g/mol. The van der Waals surface area contributed by atoms with Crippen LogP contribution in [-0.2, 0) is 11.2 Å². The fraction of sp³-hybridized carbons (Fsp3) is 0.500. The highest BCUT2D eigenvalue weighted by molar-refractivity contribution is 6.35. The Hall–Kier alpha value is -0.770. The summed E-state index contributed by atoms with van der Waals surface area (Å²) in [6, 6.07) is 5.45. The largest absolute Gasteiger partial charge is 0.353 e. The first kappa shape index (κ1) is 16.3. The second-order valence-electron chi connectivity index (χ2n) is 4.81. The molecule has 0 radical (unpaired) electrons. The molecule has 19 heavy (non-hydrogen) atoms. The molecule has 0 aliphatic carbocycles. The Morgan fingerprint density at radius 3 is 2.58 bits per heavy atom. The number of rotatable bonds is 6. The van der Waals surface area contributed by atoms with E-state index >= 15 is 0 Å². The van der Waals surface area contributed by atoms with Crippen molar-refractivity contribution in [1.29, 1.82) is 0 Å². The minimum absolute atomic E-state index is 0.0329. The van der Waals surface area contributed by atoms with Gasteiger partial charge in [-0.2, -0.15) is 0 Å². The summed E-state index contributed by atoms with van der Waals surface area (Å²) in [4.78, 5) is 11.9. The van der Waals surface area contributed by atoms with Crippen molar-refractivity contribution < 1.29 is 4.79 Å². The number of halogens is 2. The molecule has 2 N–H and O–H groups in total. The van der Waals surface area contributed by atoms with Crippen LogP contribution in [0.15, 0.2) is 18.2 Å². The lowest BCUT2D eigenvalue weighted by Crippen LogP contribution is -2.40. The Morgan fingerprint density at radius 2 is 2.00 bits per heavy atom. The fourth-order valence-electron chi connectivity index (χ4n) is 1.85. The van der Waals surface area contributed by atoms with Crippen molar-refractivity contribution in [3.8, 4) is 0 Å². The molecule has 2 unspecified atom stereocenters. The van der Waals surface area contributed by atoms with E-state index in [2.05, 4.69) is 10.6 Å². The Bertz CT molecular complexity index is 437. The summed E-state index contributed by atoms with van der Waals surface area (Å²) in [5.74, 6) is 0.0000701. The highest BCUT2D eigenvalue weighted by Gasteiger charge is 2.15. The van der Waals surface area contributed by atoms with Gasteiger partial charge in [-0.25, -0.2) is 0 Å². The van der Waals surface area contributed by atoms with Crippen LogP contribution in [0.5, 0.6) is 0 Å². The molecule has 0 aromatic heterocycles. The average Bonchev–Trinajstić information content (AvgIpc) is 2.33. The molecule has 2 atom stereocenters. The summed E-state index contributed by atoms with van der Waals surface area (Å²) in [6.45, 7) is 4.53. The van der Waals surface area contributed by atoms with Crippen LogP contribution in [0.2, 0.25) is 10.0 Å². The summed E-state index contributed by atoms with van der Waals surface area (Å²) in [7, 11) is 1.83. The van der Waals surface area contributed by atoms with Crippen LogP contribution in [0.25, 0.3) is 0 Å². The zero-order chi connectivity index (χ0) is 14.4. The number of benzene rings is 1.